The SMILES string of the molecule is Cl.O=P(O)(O)O.O=[N+]([O-])[O-]. The highest BCUT2D eigenvalue weighted by Crippen LogP contribution is 2.25. The van der Waals surface area contributed by atoms with Crippen LogP contribution in [0.1, 0.15) is 0 Å². The number of hydrogen-bond donors (Lipinski definition) is 3. The highest BCUT2D eigenvalue weighted by molar-refractivity contribution is 7.45. The standard InChI is InChI=1S/ClH.NO3.H3O4P/c;2-1(3)4;1-5(2,3)4/h1H;;(H3,1,2,3,4)/q;-1;. The normalized spacial score (nSPS) is 8.30. The van der Waals surface area contributed by atoms with Crippen molar-refractivity contribution >= 4 is 20.2 Å². The van der Waals surface area contributed by atoms with Crippen LogP contribution < -0.4 is 0 Å². The largest absolute Gasteiger partial charge is 0.466 e. The Morgan fingerprint density at radius 3 is 1.20 bits per heavy atom. The molecule has 8 nitrogen and oxygen atoms in total. The molecule has 0 unspecified atom stereocenters. The van der Waals surface area contributed by atoms with Gasteiger partial charge in [-0.3, -0.25) is 0 Å². The molecule has 0 atom stereocenters. The van der Waals surface area contributed by atoms with Crippen LogP contribution in [0.15, 0.2) is 0 Å². The zero-order valence-corrected chi connectivity index (χ0v) is 5.99. The Morgan fingerprint density at radius 1 is 1.20 bits per heavy atom. The Kier molecular flexibility index (Phi) is 10.9. The van der Waals surface area contributed by atoms with Crippen molar-refractivity contribution in [2.75, 3.05) is 0 Å². The van der Waals surface area contributed by atoms with Gasteiger partial charge in [0.1, 0.15) is 0 Å². The molecular weight excluding hydrogens is 192 g/mol. The predicted octanol–water partition coefficient (Wildman–Crippen LogP) is -0.746. The van der Waals surface area contributed by atoms with Crippen LogP contribution in [-0.4, -0.2) is 19.8 Å². The summed E-state index contributed by atoms with van der Waals surface area (Å²) in [6.45, 7) is 0. The first kappa shape index (κ1) is 16.3. The first-order valence-electron chi connectivity index (χ1n) is 1.33. The van der Waals surface area contributed by atoms with Crippen molar-refractivity contribution in [3.63, 3.8) is 0 Å². The number of rotatable bonds is 0. The van der Waals surface area contributed by atoms with Crippen LogP contribution in [0, 0.1) is 15.3 Å². The van der Waals surface area contributed by atoms with Gasteiger partial charge in [-0.25, -0.2) is 4.57 Å². The predicted molar refractivity (Wildman–Crippen MR) is 31.9 cm³/mol. The summed E-state index contributed by atoms with van der Waals surface area (Å²) in [5.41, 5.74) is 0. The van der Waals surface area contributed by atoms with Gasteiger partial charge in [-0.05, 0) is 0 Å². The molecule has 10 heavy (non-hydrogen) atoms. The number of halogens is 1. The minimum absolute atomic E-state index is 0. The van der Waals surface area contributed by atoms with E-state index in [2.05, 4.69) is 0 Å². The molecule has 10 heteroatoms. The fourth-order valence-corrected chi connectivity index (χ4v) is 0. The third-order valence-corrected chi connectivity index (χ3v) is 0. The zero-order valence-electron chi connectivity index (χ0n) is 4.28. The van der Waals surface area contributed by atoms with Crippen molar-refractivity contribution in [3.8, 4) is 0 Å². The Bertz CT molecular complexity index is 113. The van der Waals surface area contributed by atoms with E-state index in [1.807, 2.05) is 0 Å². The maximum Gasteiger partial charge on any atom is 0.466 e. The summed E-state index contributed by atoms with van der Waals surface area (Å²) in [7, 11) is -4.64. The Hall–Kier alpha value is -0.400. The van der Waals surface area contributed by atoms with Crippen LogP contribution in [-0.2, 0) is 4.57 Å². The molecule has 0 spiro atoms. The highest BCUT2D eigenvalue weighted by Gasteiger charge is 2.00. The second-order valence-electron chi connectivity index (χ2n) is 0.737. The van der Waals surface area contributed by atoms with E-state index in [1.165, 1.54) is 0 Å². The monoisotopic (exact) mass is 196 g/mol. The first-order valence-corrected chi connectivity index (χ1v) is 2.90. The van der Waals surface area contributed by atoms with Gasteiger partial charge in [0.15, 0.2) is 0 Å². The quantitative estimate of drug-likeness (QED) is 0.263. The lowest BCUT2D eigenvalue weighted by molar-refractivity contribution is -0.402. The molecule has 0 amide bonds. The minimum Gasteiger partial charge on any atom is -0.356 e. The van der Waals surface area contributed by atoms with Gasteiger partial charge >= 0.3 is 7.82 Å². The van der Waals surface area contributed by atoms with Crippen molar-refractivity contribution < 1.29 is 24.3 Å². The first-order chi connectivity index (χ1) is 3.73. The van der Waals surface area contributed by atoms with E-state index in [0.717, 1.165) is 0 Å². The van der Waals surface area contributed by atoms with Crippen LogP contribution >= 0.6 is 20.2 Å². The van der Waals surface area contributed by atoms with E-state index in [-0.39, 0.29) is 12.4 Å². The summed E-state index contributed by atoms with van der Waals surface area (Å²) >= 11 is 0. The summed E-state index contributed by atoms with van der Waals surface area (Å²) in [6, 6.07) is 0. The second-order valence-corrected chi connectivity index (χ2v) is 1.76. The molecule has 0 aliphatic heterocycles. The number of hydrogen-bond acceptors (Lipinski definition) is 4. The van der Waals surface area contributed by atoms with Gasteiger partial charge < -0.3 is 30.0 Å². The van der Waals surface area contributed by atoms with Crippen molar-refractivity contribution in [2.24, 2.45) is 0 Å². The van der Waals surface area contributed by atoms with Crippen LogP contribution in [0.25, 0.3) is 0 Å². The lowest BCUT2D eigenvalue weighted by atomic mass is 13.1. The van der Waals surface area contributed by atoms with E-state index in [1.54, 1.807) is 0 Å². The lowest BCUT2D eigenvalue weighted by Crippen LogP contribution is -1.74. The topological polar surface area (TPSA) is 144 Å². The third-order valence-electron chi connectivity index (χ3n) is 0. The highest BCUT2D eigenvalue weighted by atomic mass is 35.5. The van der Waals surface area contributed by atoms with Gasteiger partial charge in [-0.15, -0.1) is 12.4 Å². The van der Waals surface area contributed by atoms with Crippen molar-refractivity contribution in [1.29, 1.82) is 0 Å². The Morgan fingerprint density at radius 2 is 1.20 bits per heavy atom. The molecule has 0 heterocycles. The van der Waals surface area contributed by atoms with Crippen molar-refractivity contribution in [1.82, 2.24) is 0 Å². The van der Waals surface area contributed by atoms with Crippen molar-refractivity contribution in [2.45, 2.75) is 0 Å². The summed E-state index contributed by atoms with van der Waals surface area (Å²) in [6.07, 6.45) is 0. The molecule has 0 aromatic carbocycles. The molecule has 0 aliphatic carbocycles. The molecule has 0 aromatic heterocycles. The molecule has 0 fully saturated rings. The zero-order chi connectivity index (χ0) is 8.08. The molecule has 0 saturated carbocycles. The van der Waals surface area contributed by atoms with Crippen molar-refractivity contribution in [3.05, 3.63) is 15.3 Å². The van der Waals surface area contributed by atoms with E-state index in [0.29, 0.717) is 0 Å². The molecule has 0 aliphatic rings. The molecule has 3 N–H and O–H groups in total. The lowest BCUT2D eigenvalue weighted by Gasteiger charge is -1.82. The summed E-state index contributed by atoms with van der Waals surface area (Å²) in [4.78, 5) is 29.8. The smallest absolute Gasteiger partial charge is 0.356 e. The van der Waals surface area contributed by atoms with Gasteiger partial charge in [0, 0.05) is 0 Å². The maximum absolute atomic E-state index is 8.88. The Labute approximate surface area is 60.9 Å². The van der Waals surface area contributed by atoms with E-state index in [4.69, 9.17) is 34.6 Å². The maximum atomic E-state index is 8.88. The van der Waals surface area contributed by atoms with Gasteiger partial charge in [0.25, 0.3) is 0 Å². The van der Waals surface area contributed by atoms with E-state index < -0.39 is 12.9 Å². The van der Waals surface area contributed by atoms with Gasteiger partial charge in [0.2, 0.25) is 0 Å². The number of phosphoric acid groups is 1. The average Bonchev–Trinajstić information content (AvgIpc) is 1.19. The van der Waals surface area contributed by atoms with E-state index in [9.17, 15) is 0 Å². The minimum atomic E-state index is -4.64. The van der Waals surface area contributed by atoms with Crippen LogP contribution in [0.5, 0.6) is 0 Å². The van der Waals surface area contributed by atoms with Gasteiger partial charge in [-0.1, -0.05) is 0 Å². The summed E-state index contributed by atoms with van der Waals surface area (Å²) < 4.78 is 8.88. The molecule has 0 saturated heterocycles. The second kappa shape index (κ2) is 6.72. The van der Waals surface area contributed by atoms with Gasteiger partial charge in [-0.2, -0.15) is 0 Å². The van der Waals surface area contributed by atoms with Crippen LogP contribution in [0.4, 0.5) is 0 Å². The number of nitrogens with zero attached hydrogens (tertiary/aromatic N) is 1. The molecule has 0 radical (unpaired) electrons. The fourth-order valence-electron chi connectivity index (χ4n) is 0. The Balaban J connectivity index is -0.0000000910. The van der Waals surface area contributed by atoms with E-state index >= 15 is 0 Å². The fraction of sp³-hybridized carbons (Fsp3) is 0. The van der Waals surface area contributed by atoms with Gasteiger partial charge in [0.05, 0.1) is 5.09 Å². The molecule has 64 valence electrons. The average molecular weight is 196 g/mol. The van der Waals surface area contributed by atoms with Crippen LogP contribution in [0.3, 0.4) is 0 Å². The molecule has 0 aromatic rings. The summed E-state index contributed by atoms with van der Waals surface area (Å²) in [5.74, 6) is 0. The molecule has 0 rings (SSSR count). The third kappa shape index (κ3) is 2070. The molecular formula is H4ClNO7P-. The van der Waals surface area contributed by atoms with Crippen LogP contribution in [0.2, 0.25) is 0 Å². The molecule has 0 bridgehead atoms. The summed E-state index contributed by atoms with van der Waals surface area (Å²) in [5, 5.41) is 14.8.